The molecule has 0 saturated heterocycles. The lowest BCUT2D eigenvalue weighted by atomic mass is 10.2. The minimum absolute atomic E-state index is 0.101. The van der Waals surface area contributed by atoms with Crippen molar-refractivity contribution >= 4 is 23.4 Å². The molecule has 1 amide bonds. The first-order valence-electron chi connectivity index (χ1n) is 7.41. The zero-order valence-corrected chi connectivity index (χ0v) is 15.0. The molecule has 1 heterocycles. The molecule has 0 aliphatic carbocycles. The number of tetrazole rings is 1. The Labute approximate surface area is 144 Å². The first-order valence-corrected chi connectivity index (χ1v) is 8.57. The number of ether oxygens (including phenoxy) is 2. The molecular formula is C15H21N5O3S. The van der Waals surface area contributed by atoms with Gasteiger partial charge in [0.2, 0.25) is 5.91 Å². The van der Waals surface area contributed by atoms with E-state index < -0.39 is 0 Å². The SMILES string of the molecule is COc1ccc(NC(=O)CSCc2nnnn2C(C)C)cc1OC. The number of benzene rings is 1. The molecule has 1 N–H and O–H groups in total. The minimum atomic E-state index is -0.101. The zero-order valence-electron chi connectivity index (χ0n) is 14.1. The predicted molar refractivity (Wildman–Crippen MR) is 92.5 cm³/mol. The highest BCUT2D eigenvalue weighted by Crippen LogP contribution is 2.29. The van der Waals surface area contributed by atoms with Crippen molar-refractivity contribution in [3.63, 3.8) is 0 Å². The summed E-state index contributed by atoms with van der Waals surface area (Å²) in [7, 11) is 3.12. The average molecular weight is 351 g/mol. The monoisotopic (exact) mass is 351 g/mol. The fourth-order valence-corrected chi connectivity index (χ4v) is 2.79. The van der Waals surface area contributed by atoms with Crippen LogP contribution >= 0.6 is 11.8 Å². The number of nitrogens with zero attached hydrogens (tertiary/aromatic N) is 4. The van der Waals surface area contributed by atoms with Crippen molar-refractivity contribution in [2.75, 3.05) is 25.3 Å². The van der Waals surface area contributed by atoms with Gasteiger partial charge >= 0.3 is 0 Å². The van der Waals surface area contributed by atoms with E-state index in [9.17, 15) is 4.79 Å². The number of rotatable bonds is 8. The first kappa shape index (κ1) is 18.1. The second-order valence-corrected chi connectivity index (χ2v) is 6.23. The Bertz CT molecular complexity index is 689. The van der Waals surface area contributed by atoms with Crippen molar-refractivity contribution in [3.8, 4) is 11.5 Å². The van der Waals surface area contributed by atoms with Crippen LogP contribution in [-0.4, -0.2) is 46.1 Å². The van der Waals surface area contributed by atoms with Gasteiger partial charge < -0.3 is 14.8 Å². The Kier molecular flexibility index (Phi) is 6.42. The topological polar surface area (TPSA) is 91.2 Å². The van der Waals surface area contributed by atoms with Crippen LogP contribution in [0.25, 0.3) is 0 Å². The van der Waals surface area contributed by atoms with Gasteiger partial charge in [-0.1, -0.05) is 0 Å². The third kappa shape index (κ3) is 4.60. The van der Waals surface area contributed by atoms with Crippen LogP contribution in [0.5, 0.6) is 11.5 Å². The van der Waals surface area contributed by atoms with Crippen LogP contribution in [0.2, 0.25) is 0 Å². The van der Waals surface area contributed by atoms with Gasteiger partial charge in [0.15, 0.2) is 17.3 Å². The molecule has 0 bridgehead atoms. The normalized spacial score (nSPS) is 10.7. The number of methoxy groups -OCH3 is 2. The Morgan fingerprint density at radius 2 is 2.04 bits per heavy atom. The van der Waals surface area contributed by atoms with E-state index in [1.807, 2.05) is 13.8 Å². The summed E-state index contributed by atoms with van der Waals surface area (Å²) in [6.07, 6.45) is 0. The highest BCUT2D eigenvalue weighted by Gasteiger charge is 2.11. The van der Waals surface area contributed by atoms with Gasteiger partial charge in [-0.3, -0.25) is 4.79 Å². The number of carbonyl (C=O) groups excluding carboxylic acids is 1. The number of hydrogen-bond acceptors (Lipinski definition) is 7. The molecule has 0 spiro atoms. The molecule has 24 heavy (non-hydrogen) atoms. The van der Waals surface area contributed by atoms with Gasteiger partial charge in [-0.05, 0) is 36.4 Å². The van der Waals surface area contributed by atoms with Crippen LogP contribution in [0.15, 0.2) is 18.2 Å². The van der Waals surface area contributed by atoms with Gasteiger partial charge in [-0.15, -0.1) is 16.9 Å². The van der Waals surface area contributed by atoms with E-state index in [4.69, 9.17) is 9.47 Å². The van der Waals surface area contributed by atoms with Crippen LogP contribution in [0, 0.1) is 0 Å². The van der Waals surface area contributed by atoms with E-state index in [1.165, 1.54) is 11.8 Å². The largest absolute Gasteiger partial charge is 0.493 e. The van der Waals surface area contributed by atoms with Crippen LogP contribution in [0.4, 0.5) is 5.69 Å². The smallest absolute Gasteiger partial charge is 0.234 e. The average Bonchev–Trinajstić information content (AvgIpc) is 3.03. The van der Waals surface area contributed by atoms with Crippen molar-refractivity contribution < 1.29 is 14.3 Å². The summed E-state index contributed by atoms with van der Waals surface area (Å²) in [6.45, 7) is 4.02. The third-order valence-electron chi connectivity index (χ3n) is 3.18. The second kappa shape index (κ2) is 8.53. The Hall–Kier alpha value is -2.29. The lowest BCUT2D eigenvalue weighted by Crippen LogP contribution is -2.15. The Balaban J connectivity index is 1.86. The standard InChI is InChI=1S/C15H21N5O3S/c1-10(2)20-14(17-18-19-20)8-24-9-15(21)16-11-5-6-12(22-3)13(7-11)23-4/h5-7,10H,8-9H2,1-4H3,(H,16,21). The molecule has 0 radical (unpaired) electrons. The fraction of sp³-hybridized carbons (Fsp3) is 0.467. The zero-order chi connectivity index (χ0) is 17.5. The number of thioether (sulfide) groups is 1. The summed E-state index contributed by atoms with van der Waals surface area (Å²) < 4.78 is 12.1. The number of carbonyl (C=O) groups is 1. The van der Waals surface area contributed by atoms with E-state index in [0.717, 1.165) is 5.82 Å². The van der Waals surface area contributed by atoms with Crippen LogP contribution in [-0.2, 0) is 10.5 Å². The fourth-order valence-electron chi connectivity index (χ4n) is 2.05. The van der Waals surface area contributed by atoms with Crippen LogP contribution < -0.4 is 14.8 Å². The summed E-state index contributed by atoms with van der Waals surface area (Å²) in [4.78, 5) is 12.1. The van der Waals surface area contributed by atoms with Crippen LogP contribution in [0.1, 0.15) is 25.7 Å². The number of aromatic nitrogens is 4. The number of hydrogen-bond donors (Lipinski definition) is 1. The van der Waals surface area contributed by atoms with Crippen molar-refractivity contribution in [1.29, 1.82) is 0 Å². The summed E-state index contributed by atoms with van der Waals surface area (Å²) in [5.41, 5.74) is 0.658. The van der Waals surface area contributed by atoms with Gasteiger partial charge in [0.25, 0.3) is 0 Å². The number of anilines is 1. The molecule has 0 aliphatic heterocycles. The molecule has 8 nitrogen and oxygen atoms in total. The van der Waals surface area contributed by atoms with E-state index in [-0.39, 0.29) is 11.9 Å². The van der Waals surface area contributed by atoms with Crippen molar-refractivity contribution in [2.45, 2.75) is 25.6 Å². The molecule has 1 aromatic heterocycles. The molecule has 0 unspecified atom stereocenters. The lowest BCUT2D eigenvalue weighted by molar-refractivity contribution is -0.113. The Morgan fingerprint density at radius 1 is 1.29 bits per heavy atom. The molecule has 0 atom stereocenters. The van der Waals surface area contributed by atoms with Crippen molar-refractivity contribution in [1.82, 2.24) is 20.2 Å². The maximum Gasteiger partial charge on any atom is 0.234 e. The highest BCUT2D eigenvalue weighted by atomic mass is 32.2. The van der Waals surface area contributed by atoms with Gasteiger partial charge in [-0.25, -0.2) is 4.68 Å². The maximum absolute atomic E-state index is 12.1. The quantitative estimate of drug-likeness (QED) is 0.779. The molecule has 2 aromatic rings. The molecule has 130 valence electrons. The van der Waals surface area contributed by atoms with E-state index in [1.54, 1.807) is 37.1 Å². The first-order chi connectivity index (χ1) is 11.5. The summed E-state index contributed by atoms with van der Waals surface area (Å²) in [5.74, 6) is 2.72. The van der Waals surface area contributed by atoms with Crippen molar-refractivity contribution in [3.05, 3.63) is 24.0 Å². The summed E-state index contributed by atoms with van der Waals surface area (Å²) in [5, 5.41) is 14.4. The van der Waals surface area contributed by atoms with Crippen molar-refractivity contribution in [2.24, 2.45) is 0 Å². The highest BCUT2D eigenvalue weighted by molar-refractivity contribution is 7.99. The maximum atomic E-state index is 12.1. The van der Waals surface area contributed by atoms with Gasteiger partial charge in [0.05, 0.1) is 31.8 Å². The molecule has 1 aromatic carbocycles. The Morgan fingerprint density at radius 3 is 2.71 bits per heavy atom. The predicted octanol–water partition coefficient (Wildman–Crippen LogP) is 2.14. The molecule has 2 rings (SSSR count). The van der Waals surface area contributed by atoms with E-state index in [0.29, 0.717) is 28.7 Å². The van der Waals surface area contributed by atoms with Gasteiger partial charge in [0, 0.05) is 11.8 Å². The number of nitrogens with one attached hydrogen (secondary N) is 1. The lowest BCUT2D eigenvalue weighted by Gasteiger charge is -2.10. The summed E-state index contributed by atoms with van der Waals surface area (Å²) in [6, 6.07) is 5.43. The van der Waals surface area contributed by atoms with Crippen LogP contribution in [0.3, 0.4) is 0 Å². The van der Waals surface area contributed by atoms with Gasteiger partial charge in [0.1, 0.15) is 0 Å². The van der Waals surface area contributed by atoms with E-state index >= 15 is 0 Å². The number of amides is 1. The molecule has 9 heteroatoms. The molecule has 0 aliphatic rings. The second-order valence-electron chi connectivity index (χ2n) is 5.24. The summed E-state index contributed by atoms with van der Waals surface area (Å²) >= 11 is 1.46. The molecule has 0 saturated carbocycles. The van der Waals surface area contributed by atoms with Gasteiger partial charge in [-0.2, -0.15) is 0 Å². The third-order valence-corrected chi connectivity index (χ3v) is 4.11. The minimum Gasteiger partial charge on any atom is -0.493 e. The molecular weight excluding hydrogens is 330 g/mol. The molecule has 0 fully saturated rings. The van der Waals surface area contributed by atoms with E-state index in [2.05, 4.69) is 20.8 Å².